The van der Waals surface area contributed by atoms with Crippen LogP contribution in [0.15, 0.2) is 0 Å². The SMILES string of the molecule is COCCOCC(O)CNCC1CCCC1. The Balaban J connectivity index is 1.87. The van der Waals surface area contributed by atoms with Gasteiger partial charge < -0.3 is 19.9 Å². The molecule has 1 aliphatic rings. The number of aliphatic hydroxyl groups excluding tert-OH is 1. The van der Waals surface area contributed by atoms with Crippen molar-refractivity contribution in [1.82, 2.24) is 5.32 Å². The van der Waals surface area contributed by atoms with Crippen molar-refractivity contribution in [2.75, 3.05) is 40.0 Å². The molecule has 0 saturated heterocycles. The van der Waals surface area contributed by atoms with Crippen molar-refractivity contribution in [1.29, 1.82) is 0 Å². The van der Waals surface area contributed by atoms with Crippen LogP contribution in [-0.4, -0.2) is 51.2 Å². The third-order valence-corrected chi connectivity index (χ3v) is 3.03. The Kier molecular flexibility index (Phi) is 7.76. The Labute approximate surface area is 98.3 Å². The van der Waals surface area contributed by atoms with Crippen molar-refractivity contribution in [3.63, 3.8) is 0 Å². The van der Waals surface area contributed by atoms with Crippen LogP contribution in [0, 0.1) is 5.92 Å². The van der Waals surface area contributed by atoms with E-state index in [1.165, 1.54) is 25.7 Å². The maximum absolute atomic E-state index is 9.59. The van der Waals surface area contributed by atoms with E-state index in [1.807, 2.05) is 0 Å². The summed E-state index contributed by atoms with van der Waals surface area (Å²) in [6.07, 6.45) is 5.02. The third kappa shape index (κ3) is 6.43. The second-order valence-corrected chi connectivity index (χ2v) is 4.53. The largest absolute Gasteiger partial charge is 0.389 e. The maximum atomic E-state index is 9.59. The van der Waals surface area contributed by atoms with Gasteiger partial charge in [-0.25, -0.2) is 0 Å². The predicted octanol–water partition coefficient (Wildman–Crippen LogP) is 0.790. The van der Waals surface area contributed by atoms with Crippen molar-refractivity contribution in [3.05, 3.63) is 0 Å². The molecule has 0 aliphatic heterocycles. The second-order valence-electron chi connectivity index (χ2n) is 4.53. The Bertz CT molecular complexity index is 160. The zero-order valence-corrected chi connectivity index (χ0v) is 10.3. The molecule has 1 aliphatic carbocycles. The summed E-state index contributed by atoms with van der Waals surface area (Å²) in [6.45, 7) is 3.19. The summed E-state index contributed by atoms with van der Waals surface area (Å²) in [5.74, 6) is 0.821. The van der Waals surface area contributed by atoms with E-state index < -0.39 is 6.10 Å². The van der Waals surface area contributed by atoms with Crippen LogP contribution in [0.25, 0.3) is 0 Å². The van der Waals surface area contributed by atoms with Gasteiger partial charge in [-0.15, -0.1) is 0 Å². The average Bonchev–Trinajstić information content (AvgIpc) is 2.77. The molecular weight excluding hydrogens is 206 g/mol. The Morgan fingerprint density at radius 1 is 1.31 bits per heavy atom. The van der Waals surface area contributed by atoms with Gasteiger partial charge >= 0.3 is 0 Å². The minimum absolute atomic E-state index is 0.390. The Hall–Kier alpha value is -0.160. The summed E-state index contributed by atoms with van der Waals surface area (Å²) in [6, 6.07) is 0. The zero-order valence-electron chi connectivity index (χ0n) is 10.3. The average molecular weight is 231 g/mol. The maximum Gasteiger partial charge on any atom is 0.0897 e. The van der Waals surface area contributed by atoms with Gasteiger partial charge in [0.15, 0.2) is 0 Å². The van der Waals surface area contributed by atoms with Gasteiger partial charge in [0.05, 0.1) is 25.9 Å². The summed E-state index contributed by atoms with van der Waals surface area (Å²) in [7, 11) is 1.64. The number of hydrogen-bond acceptors (Lipinski definition) is 4. The van der Waals surface area contributed by atoms with Crippen LogP contribution in [0.4, 0.5) is 0 Å². The highest BCUT2D eigenvalue weighted by atomic mass is 16.5. The number of rotatable bonds is 9. The monoisotopic (exact) mass is 231 g/mol. The van der Waals surface area contributed by atoms with Crippen LogP contribution in [0.5, 0.6) is 0 Å². The lowest BCUT2D eigenvalue weighted by molar-refractivity contribution is 0.0136. The van der Waals surface area contributed by atoms with Gasteiger partial charge in [0, 0.05) is 13.7 Å². The molecular formula is C12H25NO3. The first-order valence-electron chi connectivity index (χ1n) is 6.28. The molecule has 4 nitrogen and oxygen atoms in total. The lowest BCUT2D eigenvalue weighted by atomic mass is 10.1. The minimum Gasteiger partial charge on any atom is -0.389 e. The lowest BCUT2D eigenvalue weighted by Crippen LogP contribution is -2.33. The molecule has 1 unspecified atom stereocenters. The van der Waals surface area contributed by atoms with E-state index >= 15 is 0 Å². The van der Waals surface area contributed by atoms with Gasteiger partial charge in [0.25, 0.3) is 0 Å². The summed E-state index contributed by atoms with van der Waals surface area (Å²) >= 11 is 0. The predicted molar refractivity (Wildman–Crippen MR) is 63.5 cm³/mol. The molecule has 0 bridgehead atoms. The van der Waals surface area contributed by atoms with E-state index in [9.17, 15) is 5.11 Å². The van der Waals surface area contributed by atoms with Gasteiger partial charge in [-0.05, 0) is 25.3 Å². The molecule has 0 spiro atoms. The molecule has 1 rings (SSSR count). The lowest BCUT2D eigenvalue weighted by Gasteiger charge is -2.14. The number of hydrogen-bond donors (Lipinski definition) is 2. The smallest absolute Gasteiger partial charge is 0.0897 e. The van der Waals surface area contributed by atoms with Crippen molar-refractivity contribution in [2.24, 2.45) is 5.92 Å². The Morgan fingerprint density at radius 3 is 2.75 bits per heavy atom. The van der Waals surface area contributed by atoms with Gasteiger partial charge in [-0.1, -0.05) is 12.8 Å². The highest BCUT2D eigenvalue weighted by Gasteiger charge is 2.14. The first kappa shape index (κ1) is 13.9. The fourth-order valence-corrected chi connectivity index (χ4v) is 2.09. The summed E-state index contributed by atoms with van der Waals surface area (Å²) in [5, 5.41) is 12.9. The molecule has 0 amide bonds. The number of aliphatic hydroxyl groups is 1. The van der Waals surface area contributed by atoms with Gasteiger partial charge in [0.1, 0.15) is 0 Å². The summed E-state index contributed by atoms with van der Waals surface area (Å²) in [4.78, 5) is 0. The van der Waals surface area contributed by atoms with Gasteiger partial charge in [0.2, 0.25) is 0 Å². The molecule has 1 atom stereocenters. The summed E-state index contributed by atoms with van der Waals surface area (Å²) < 4.78 is 10.1. The van der Waals surface area contributed by atoms with Crippen LogP contribution in [-0.2, 0) is 9.47 Å². The second kappa shape index (κ2) is 8.93. The van der Waals surface area contributed by atoms with Crippen LogP contribution in [0.2, 0.25) is 0 Å². The topological polar surface area (TPSA) is 50.7 Å². The molecule has 2 N–H and O–H groups in total. The van der Waals surface area contributed by atoms with Crippen molar-refractivity contribution in [3.8, 4) is 0 Å². The highest BCUT2D eigenvalue weighted by molar-refractivity contribution is 4.70. The van der Waals surface area contributed by atoms with Crippen LogP contribution >= 0.6 is 0 Å². The van der Waals surface area contributed by atoms with Crippen molar-refractivity contribution >= 4 is 0 Å². The number of ether oxygens (including phenoxy) is 2. The normalized spacial score (nSPS) is 19.1. The number of nitrogens with one attached hydrogen (secondary N) is 1. The van der Waals surface area contributed by atoms with Crippen LogP contribution in [0.3, 0.4) is 0 Å². The fraction of sp³-hybridized carbons (Fsp3) is 1.00. The molecule has 0 aromatic rings. The standard InChI is InChI=1S/C12H25NO3/c1-15-6-7-16-10-12(14)9-13-8-11-4-2-3-5-11/h11-14H,2-10H2,1H3. The highest BCUT2D eigenvalue weighted by Crippen LogP contribution is 2.23. The van der Waals surface area contributed by atoms with E-state index in [0.717, 1.165) is 12.5 Å². The van der Waals surface area contributed by atoms with Crippen molar-refractivity contribution < 1.29 is 14.6 Å². The minimum atomic E-state index is -0.404. The third-order valence-electron chi connectivity index (χ3n) is 3.03. The van der Waals surface area contributed by atoms with E-state index in [-0.39, 0.29) is 0 Å². The van der Waals surface area contributed by atoms with E-state index in [1.54, 1.807) is 7.11 Å². The first-order valence-corrected chi connectivity index (χ1v) is 6.28. The molecule has 0 heterocycles. The molecule has 0 aromatic heterocycles. The molecule has 96 valence electrons. The zero-order chi connectivity index (χ0) is 11.6. The molecule has 1 saturated carbocycles. The summed E-state index contributed by atoms with van der Waals surface area (Å²) in [5.41, 5.74) is 0. The quantitative estimate of drug-likeness (QED) is 0.576. The van der Waals surface area contributed by atoms with Crippen molar-refractivity contribution in [2.45, 2.75) is 31.8 Å². The molecule has 0 aromatic carbocycles. The fourth-order valence-electron chi connectivity index (χ4n) is 2.09. The first-order chi connectivity index (χ1) is 7.83. The van der Waals surface area contributed by atoms with E-state index in [0.29, 0.717) is 26.4 Å². The van der Waals surface area contributed by atoms with E-state index in [4.69, 9.17) is 9.47 Å². The molecule has 4 heteroatoms. The Morgan fingerprint density at radius 2 is 2.06 bits per heavy atom. The molecule has 0 radical (unpaired) electrons. The molecule has 1 fully saturated rings. The van der Waals surface area contributed by atoms with Crippen LogP contribution < -0.4 is 5.32 Å². The van der Waals surface area contributed by atoms with Gasteiger partial charge in [-0.3, -0.25) is 0 Å². The van der Waals surface area contributed by atoms with E-state index in [2.05, 4.69) is 5.32 Å². The molecule has 16 heavy (non-hydrogen) atoms. The van der Waals surface area contributed by atoms with Gasteiger partial charge in [-0.2, -0.15) is 0 Å². The number of methoxy groups -OCH3 is 1. The van der Waals surface area contributed by atoms with Crippen LogP contribution in [0.1, 0.15) is 25.7 Å².